The Labute approximate surface area is 90.0 Å². The van der Waals surface area contributed by atoms with E-state index < -0.39 is 0 Å². The van der Waals surface area contributed by atoms with Crippen LogP contribution >= 0.6 is 11.6 Å². The lowest BCUT2D eigenvalue weighted by molar-refractivity contribution is 0.357. The molecule has 1 aliphatic rings. The summed E-state index contributed by atoms with van der Waals surface area (Å²) in [6, 6.07) is 6.29. The minimum absolute atomic E-state index is 0.112. The molecule has 14 heavy (non-hydrogen) atoms. The zero-order chi connectivity index (χ0) is 10.1. The van der Waals surface area contributed by atoms with Crippen LogP contribution in [-0.4, -0.2) is 6.61 Å². The van der Waals surface area contributed by atoms with Crippen LogP contribution in [0.1, 0.15) is 30.4 Å². The molecule has 2 rings (SSSR count). The first-order valence-corrected chi connectivity index (χ1v) is 5.52. The van der Waals surface area contributed by atoms with Crippen LogP contribution in [0.25, 0.3) is 0 Å². The first-order valence-electron chi connectivity index (χ1n) is 5.08. The fourth-order valence-corrected chi connectivity index (χ4v) is 1.90. The maximum atomic E-state index is 6.30. The minimum atomic E-state index is 0.112. The van der Waals surface area contributed by atoms with Gasteiger partial charge >= 0.3 is 0 Å². The third kappa shape index (κ3) is 1.74. The summed E-state index contributed by atoms with van der Waals surface area (Å²) < 4.78 is 5.45. The first-order chi connectivity index (χ1) is 6.68. The number of rotatable bonds is 2. The van der Waals surface area contributed by atoms with E-state index in [1.807, 2.05) is 6.07 Å². The highest BCUT2D eigenvalue weighted by atomic mass is 35.5. The second-order valence-electron chi connectivity index (χ2n) is 4.11. The van der Waals surface area contributed by atoms with Crippen molar-refractivity contribution in [3.8, 4) is 5.75 Å². The predicted molar refractivity (Wildman–Crippen MR) is 59.1 cm³/mol. The van der Waals surface area contributed by atoms with Gasteiger partial charge in [-0.05, 0) is 23.1 Å². The lowest BCUT2D eigenvalue weighted by atomic mass is 9.99. The topological polar surface area (TPSA) is 9.23 Å². The number of fused-ring (bicyclic) bond motifs is 1. The van der Waals surface area contributed by atoms with E-state index >= 15 is 0 Å². The Kier molecular flexibility index (Phi) is 2.69. The molecule has 0 spiro atoms. The van der Waals surface area contributed by atoms with Gasteiger partial charge in [0, 0.05) is 6.42 Å². The molecule has 1 nitrogen and oxygen atoms in total. The molecule has 1 aromatic rings. The molecule has 0 radical (unpaired) electrons. The van der Waals surface area contributed by atoms with Crippen LogP contribution < -0.4 is 4.74 Å². The van der Waals surface area contributed by atoms with Gasteiger partial charge in [0.25, 0.3) is 0 Å². The molecule has 2 heteroatoms. The van der Waals surface area contributed by atoms with E-state index in [2.05, 4.69) is 26.0 Å². The van der Waals surface area contributed by atoms with Crippen molar-refractivity contribution < 1.29 is 4.74 Å². The molecular formula is C12H15ClO. The van der Waals surface area contributed by atoms with Crippen LogP contribution in [0.2, 0.25) is 0 Å². The Morgan fingerprint density at radius 3 is 2.86 bits per heavy atom. The summed E-state index contributed by atoms with van der Waals surface area (Å²) in [4.78, 5) is 0. The fraction of sp³-hybridized carbons (Fsp3) is 0.500. The summed E-state index contributed by atoms with van der Waals surface area (Å²) >= 11 is 6.30. The Morgan fingerprint density at radius 1 is 1.36 bits per heavy atom. The van der Waals surface area contributed by atoms with Crippen molar-refractivity contribution in [3.63, 3.8) is 0 Å². The third-order valence-electron chi connectivity index (χ3n) is 2.62. The van der Waals surface area contributed by atoms with Gasteiger partial charge < -0.3 is 4.74 Å². The van der Waals surface area contributed by atoms with Crippen molar-refractivity contribution in [2.75, 3.05) is 6.61 Å². The largest absolute Gasteiger partial charge is 0.493 e. The average Bonchev–Trinajstić information content (AvgIpc) is 2.62. The summed E-state index contributed by atoms with van der Waals surface area (Å²) in [5, 5.41) is 0.112. The third-order valence-corrected chi connectivity index (χ3v) is 3.37. The summed E-state index contributed by atoms with van der Waals surface area (Å²) in [6.45, 7) is 5.09. The number of benzene rings is 1. The Bertz CT molecular complexity index is 333. The molecule has 76 valence electrons. The fourth-order valence-electron chi connectivity index (χ4n) is 1.76. The molecule has 0 bridgehead atoms. The van der Waals surface area contributed by atoms with Gasteiger partial charge in [0.15, 0.2) is 0 Å². The number of hydrogen-bond donors (Lipinski definition) is 0. The van der Waals surface area contributed by atoms with Crippen LogP contribution in [0.4, 0.5) is 0 Å². The van der Waals surface area contributed by atoms with Gasteiger partial charge in [0.2, 0.25) is 0 Å². The van der Waals surface area contributed by atoms with E-state index in [-0.39, 0.29) is 5.38 Å². The smallest absolute Gasteiger partial charge is 0.122 e. The predicted octanol–water partition coefficient (Wildman–Crippen LogP) is 3.56. The van der Waals surface area contributed by atoms with Gasteiger partial charge in [0.1, 0.15) is 5.75 Å². The van der Waals surface area contributed by atoms with Gasteiger partial charge in [0.05, 0.1) is 12.0 Å². The normalized spacial score (nSPS) is 16.6. The SMILES string of the molecule is CC(C)C(Cl)c1ccc2c(c1)CCO2. The van der Waals surface area contributed by atoms with E-state index in [0.29, 0.717) is 5.92 Å². The number of hydrogen-bond acceptors (Lipinski definition) is 1. The number of alkyl halides is 1. The molecule has 1 atom stereocenters. The standard InChI is InChI=1S/C12H15ClO/c1-8(2)12(13)10-3-4-11-9(7-10)5-6-14-11/h3-4,7-8,12H,5-6H2,1-2H3. The number of ether oxygens (including phenoxy) is 1. The highest BCUT2D eigenvalue weighted by Gasteiger charge is 2.17. The summed E-state index contributed by atoms with van der Waals surface area (Å²) in [5.74, 6) is 1.50. The van der Waals surface area contributed by atoms with Gasteiger partial charge in [-0.1, -0.05) is 26.0 Å². The van der Waals surface area contributed by atoms with Crippen molar-refractivity contribution in [1.82, 2.24) is 0 Å². The molecule has 0 N–H and O–H groups in total. The van der Waals surface area contributed by atoms with Crippen molar-refractivity contribution in [2.24, 2.45) is 5.92 Å². The van der Waals surface area contributed by atoms with Crippen LogP contribution in [0, 0.1) is 5.92 Å². The first kappa shape index (κ1) is 9.85. The summed E-state index contributed by atoms with van der Waals surface area (Å²) in [6.07, 6.45) is 1.02. The summed E-state index contributed by atoms with van der Waals surface area (Å²) in [7, 11) is 0. The van der Waals surface area contributed by atoms with Crippen molar-refractivity contribution in [3.05, 3.63) is 29.3 Å². The average molecular weight is 211 g/mol. The molecule has 0 aliphatic carbocycles. The molecule has 0 saturated heterocycles. The highest BCUT2D eigenvalue weighted by molar-refractivity contribution is 6.21. The maximum absolute atomic E-state index is 6.30. The van der Waals surface area contributed by atoms with Crippen molar-refractivity contribution >= 4 is 11.6 Å². The van der Waals surface area contributed by atoms with Crippen molar-refractivity contribution in [2.45, 2.75) is 25.6 Å². The molecule has 0 saturated carbocycles. The lowest BCUT2D eigenvalue weighted by Gasteiger charge is -2.14. The molecule has 1 aromatic carbocycles. The Hall–Kier alpha value is -0.690. The summed E-state index contributed by atoms with van der Waals surface area (Å²) in [5.41, 5.74) is 2.51. The van der Waals surface area contributed by atoms with Crippen molar-refractivity contribution in [1.29, 1.82) is 0 Å². The zero-order valence-electron chi connectivity index (χ0n) is 8.59. The molecule has 1 unspecified atom stereocenters. The van der Waals surface area contributed by atoms with E-state index in [1.165, 1.54) is 11.1 Å². The highest BCUT2D eigenvalue weighted by Crippen LogP contribution is 2.33. The second kappa shape index (κ2) is 3.82. The van der Waals surface area contributed by atoms with E-state index in [0.717, 1.165) is 18.8 Å². The van der Waals surface area contributed by atoms with Crippen LogP contribution in [0.15, 0.2) is 18.2 Å². The number of halogens is 1. The molecule has 1 heterocycles. The van der Waals surface area contributed by atoms with Gasteiger partial charge in [-0.25, -0.2) is 0 Å². The van der Waals surface area contributed by atoms with Gasteiger partial charge in [-0.3, -0.25) is 0 Å². The van der Waals surface area contributed by atoms with E-state index in [9.17, 15) is 0 Å². The van der Waals surface area contributed by atoms with E-state index in [4.69, 9.17) is 16.3 Å². The molecular weight excluding hydrogens is 196 g/mol. The Morgan fingerprint density at radius 2 is 2.14 bits per heavy atom. The zero-order valence-corrected chi connectivity index (χ0v) is 9.34. The Balaban J connectivity index is 2.28. The molecule has 0 aromatic heterocycles. The van der Waals surface area contributed by atoms with Gasteiger partial charge in [-0.2, -0.15) is 0 Å². The quantitative estimate of drug-likeness (QED) is 0.679. The lowest BCUT2D eigenvalue weighted by Crippen LogP contribution is -1.99. The van der Waals surface area contributed by atoms with Crippen LogP contribution in [-0.2, 0) is 6.42 Å². The monoisotopic (exact) mass is 210 g/mol. The van der Waals surface area contributed by atoms with Crippen LogP contribution in [0.5, 0.6) is 5.75 Å². The second-order valence-corrected chi connectivity index (χ2v) is 4.58. The maximum Gasteiger partial charge on any atom is 0.122 e. The van der Waals surface area contributed by atoms with E-state index in [1.54, 1.807) is 0 Å². The molecule has 0 amide bonds. The van der Waals surface area contributed by atoms with Crippen LogP contribution in [0.3, 0.4) is 0 Å². The van der Waals surface area contributed by atoms with Gasteiger partial charge in [-0.15, -0.1) is 11.6 Å². The molecule has 1 aliphatic heterocycles. The minimum Gasteiger partial charge on any atom is -0.493 e. The molecule has 0 fully saturated rings.